The van der Waals surface area contributed by atoms with Crippen molar-refractivity contribution in [2.24, 2.45) is 0 Å². The number of hydrogen-bond acceptors (Lipinski definition) is 4. The number of hydrogen-bond donors (Lipinski definition) is 1. The average molecular weight is 348 g/mol. The fourth-order valence-corrected chi connectivity index (χ4v) is 3.08. The Morgan fingerprint density at radius 3 is 2.79 bits per heavy atom. The molecule has 1 fully saturated rings. The summed E-state index contributed by atoms with van der Waals surface area (Å²) in [7, 11) is 0. The second kappa shape index (κ2) is 7.77. The summed E-state index contributed by atoms with van der Waals surface area (Å²) in [6.07, 6.45) is 3.82. The first kappa shape index (κ1) is 16.9. The molecule has 1 aliphatic heterocycles. The molecular weight excluding hydrogens is 326 g/mol. The van der Waals surface area contributed by atoms with Crippen LogP contribution in [0.3, 0.4) is 0 Å². The largest absolute Gasteiger partial charge is 0.349 e. The lowest BCUT2D eigenvalue weighted by atomic mass is 10.1. The summed E-state index contributed by atoms with van der Waals surface area (Å²) in [5.41, 5.74) is 1.69. The van der Waals surface area contributed by atoms with Crippen molar-refractivity contribution >= 4 is 17.5 Å². The van der Waals surface area contributed by atoms with Crippen LogP contribution in [0.15, 0.2) is 24.3 Å². The van der Waals surface area contributed by atoms with Crippen LogP contribution >= 0.6 is 11.6 Å². The fraction of sp³-hybridized carbons (Fsp3) is 0.471. The molecule has 1 aromatic heterocycles. The van der Waals surface area contributed by atoms with Gasteiger partial charge in [0.05, 0.1) is 11.4 Å². The zero-order valence-electron chi connectivity index (χ0n) is 13.8. The van der Waals surface area contributed by atoms with E-state index < -0.39 is 0 Å². The maximum Gasteiger partial charge on any atom is 0.273 e. The third-order valence-electron chi connectivity index (χ3n) is 4.20. The smallest absolute Gasteiger partial charge is 0.273 e. The Bertz CT molecular complexity index is 709. The van der Waals surface area contributed by atoms with Crippen molar-refractivity contribution in [2.45, 2.75) is 26.2 Å². The van der Waals surface area contributed by atoms with E-state index in [-0.39, 0.29) is 5.91 Å². The molecule has 1 saturated heterocycles. The van der Waals surface area contributed by atoms with Gasteiger partial charge in [-0.3, -0.25) is 4.79 Å². The number of carbonyl (C=O) groups excluding carboxylic acids is 1. The van der Waals surface area contributed by atoms with E-state index in [1.165, 1.54) is 24.1 Å². The lowest BCUT2D eigenvalue weighted by molar-refractivity contribution is 0.0940. The monoisotopic (exact) mass is 347 g/mol. The van der Waals surface area contributed by atoms with Crippen LogP contribution < -0.4 is 5.32 Å². The summed E-state index contributed by atoms with van der Waals surface area (Å²) in [6.45, 7) is 5.54. The molecule has 1 aliphatic rings. The number of aryl methyl sites for hydroxylation is 1. The van der Waals surface area contributed by atoms with E-state index in [2.05, 4.69) is 20.4 Å². The van der Waals surface area contributed by atoms with Crippen molar-refractivity contribution < 1.29 is 4.79 Å². The van der Waals surface area contributed by atoms with Crippen molar-refractivity contribution in [2.75, 3.05) is 26.2 Å². The van der Waals surface area contributed by atoms with Crippen LogP contribution in [0.2, 0.25) is 5.02 Å². The van der Waals surface area contributed by atoms with Gasteiger partial charge in [-0.15, -0.1) is 5.10 Å². The summed E-state index contributed by atoms with van der Waals surface area (Å²) >= 11 is 5.99. The molecule has 1 aromatic carbocycles. The van der Waals surface area contributed by atoms with E-state index in [9.17, 15) is 4.79 Å². The van der Waals surface area contributed by atoms with Gasteiger partial charge in [0.15, 0.2) is 5.69 Å². The molecule has 0 saturated carbocycles. The molecule has 0 aliphatic carbocycles. The Morgan fingerprint density at radius 2 is 2.04 bits per heavy atom. The molecule has 0 radical (unpaired) electrons. The second-order valence-electron chi connectivity index (χ2n) is 6.06. The predicted octanol–water partition coefficient (Wildman–Crippen LogP) is 2.44. The van der Waals surface area contributed by atoms with Crippen LogP contribution in [-0.4, -0.2) is 52.0 Å². The third-order valence-corrected chi connectivity index (χ3v) is 4.43. The normalized spacial score (nSPS) is 15.4. The van der Waals surface area contributed by atoms with Gasteiger partial charge in [-0.1, -0.05) is 24.1 Å². The predicted molar refractivity (Wildman–Crippen MR) is 93.7 cm³/mol. The molecule has 0 atom stereocenters. The van der Waals surface area contributed by atoms with E-state index in [0.717, 1.165) is 25.3 Å². The topological polar surface area (TPSA) is 63.1 Å². The van der Waals surface area contributed by atoms with E-state index in [1.54, 1.807) is 19.1 Å². The number of amides is 1. The van der Waals surface area contributed by atoms with Gasteiger partial charge in [0.25, 0.3) is 5.91 Å². The summed E-state index contributed by atoms with van der Waals surface area (Å²) in [5, 5.41) is 12.2. The van der Waals surface area contributed by atoms with Crippen LogP contribution in [-0.2, 0) is 0 Å². The molecule has 24 heavy (non-hydrogen) atoms. The van der Waals surface area contributed by atoms with E-state index in [4.69, 9.17) is 11.6 Å². The maximum atomic E-state index is 12.3. The second-order valence-corrected chi connectivity index (χ2v) is 6.50. The Balaban J connectivity index is 1.60. The SMILES string of the molecule is Cc1nn(-c2cccc(Cl)c2)nc1C(=O)NCCN1CCCCC1. The maximum absolute atomic E-state index is 12.3. The first-order chi connectivity index (χ1) is 11.6. The van der Waals surface area contributed by atoms with Gasteiger partial charge in [0, 0.05) is 18.1 Å². The third kappa shape index (κ3) is 4.13. The van der Waals surface area contributed by atoms with E-state index in [0.29, 0.717) is 23.0 Å². The number of rotatable bonds is 5. The Hall–Kier alpha value is -1.92. The summed E-state index contributed by atoms with van der Waals surface area (Å²) < 4.78 is 0. The Morgan fingerprint density at radius 1 is 1.25 bits per heavy atom. The molecule has 0 spiro atoms. The van der Waals surface area contributed by atoms with Gasteiger partial charge >= 0.3 is 0 Å². The highest BCUT2D eigenvalue weighted by Crippen LogP contribution is 2.14. The number of halogens is 1. The number of benzene rings is 1. The number of likely N-dealkylation sites (tertiary alicyclic amines) is 1. The summed E-state index contributed by atoms with van der Waals surface area (Å²) in [4.78, 5) is 16.2. The Labute approximate surface area is 146 Å². The zero-order chi connectivity index (χ0) is 16.9. The van der Waals surface area contributed by atoms with Crippen molar-refractivity contribution in [1.82, 2.24) is 25.2 Å². The van der Waals surface area contributed by atoms with Crippen molar-refractivity contribution in [3.8, 4) is 5.69 Å². The first-order valence-electron chi connectivity index (χ1n) is 8.34. The van der Waals surface area contributed by atoms with Crippen LogP contribution in [0, 0.1) is 6.92 Å². The highest BCUT2D eigenvalue weighted by Gasteiger charge is 2.17. The minimum Gasteiger partial charge on any atom is -0.349 e. The quantitative estimate of drug-likeness (QED) is 0.902. The van der Waals surface area contributed by atoms with Gasteiger partial charge < -0.3 is 10.2 Å². The van der Waals surface area contributed by atoms with Gasteiger partial charge in [0.1, 0.15) is 0 Å². The standard InChI is InChI=1S/C17H22ClN5O/c1-13-16(17(24)19-8-11-22-9-3-2-4-10-22)21-23(20-13)15-7-5-6-14(18)12-15/h5-7,12H,2-4,8-11H2,1H3,(H,19,24). The lowest BCUT2D eigenvalue weighted by Gasteiger charge is -2.26. The molecule has 0 unspecified atom stereocenters. The minimum absolute atomic E-state index is 0.183. The first-order valence-corrected chi connectivity index (χ1v) is 8.72. The van der Waals surface area contributed by atoms with Gasteiger partial charge in [-0.2, -0.15) is 9.90 Å². The van der Waals surface area contributed by atoms with Crippen LogP contribution in [0.5, 0.6) is 0 Å². The number of nitrogens with zero attached hydrogens (tertiary/aromatic N) is 4. The van der Waals surface area contributed by atoms with Gasteiger partial charge in [0.2, 0.25) is 0 Å². The highest BCUT2D eigenvalue weighted by atomic mass is 35.5. The van der Waals surface area contributed by atoms with Crippen molar-refractivity contribution in [1.29, 1.82) is 0 Å². The molecule has 1 N–H and O–H groups in total. The van der Waals surface area contributed by atoms with Crippen LogP contribution in [0.4, 0.5) is 0 Å². The molecule has 6 nitrogen and oxygen atoms in total. The van der Waals surface area contributed by atoms with Crippen LogP contribution in [0.25, 0.3) is 5.69 Å². The van der Waals surface area contributed by atoms with Gasteiger partial charge in [-0.05, 0) is 51.1 Å². The van der Waals surface area contributed by atoms with Crippen molar-refractivity contribution in [3.05, 3.63) is 40.7 Å². The highest BCUT2D eigenvalue weighted by molar-refractivity contribution is 6.30. The molecule has 2 aromatic rings. The summed E-state index contributed by atoms with van der Waals surface area (Å²) in [6, 6.07) is 7.23. The van der Waals surface area contributed by atoms with Crippen LogP contribution in [0.1, 0.15) is 35.4 Å². The molecule has 2 heterocycles. The number of carbonyl (C=O) groups is 1. The molecule has 0 bridgehead atoms. The Kier molecular flexibility index (Phi) is 5.48. The minimum atomic E-state index is -0.183. The van der Waals surface area contributed by atoms with Gasteiger partial charge in [-0.25, -0.2) is 0 Å². The van der Waals surface area contributed by atoms with Crippen molar-refractivity contribution in [3.63, 3.8) is 0 Å². The average Bonchev–Trinajstić information content (AvgIpc) is 2.98. The van der Waals surface area contributed by atoms with E-state index >= 15 is 0 Å². The molecule has 128 valence electrons. The lowest BCUT2D eigenvalue weighted by Crippen LogP contribution is -2.37. The van der Waals surface area contributed by atoms with E-state index in [1.807, 2.05) is 12.1 Å². The fourth-order valence-electron chi connectivity index (χ4n) is 2.90. The number of aromatic nitrogens is 3. The molecule has 3 rings (SSSR count). The number of nitrogens with one attached hydrogen (secondary N) is 1. The zero-order valence-corrected chi connectivity index (χ0v) is 14.6. The summed E-state index contributed by atoms with van der Waals surface area (Å²) in [5.74, 6) is -0.183. The molecular formula is C17H22ClN5O. The molecule has 1 amide bonds. The number of piperidine rings is 1. The molecule has 7 heteroatoms.